The van der Waals surface area contributed by atoms with Crippen LogP contribution in [-0.2, 0) is 9.53 Å². The first kappa shape index (κ1) is 18.1. The first-order valence-corrected chi connectivity index (χ1v) is 8.84. The largest absolute Gasteiger partial charge is 0.381 e. The van der Waals surface area contributed by atoms with Crippen LogP contribution in [0, 0.1) is 5.92 Å². The fourth-order valence-electron chi connectivity index (χ4n) is 2.96. The number of benzene rings is 1. The minimum Gasteiger partial charge on any atom is -0.381 e. The Morgan fingerprint density at radius 3 is 2.85 bits per heavy atom. The molecule has 2 aromatic rings. The van der Waals surface area contributed by atoms with Gasteiger partial charge in [0.05, 0.1) is 6.20 Å². The summed E-state index contributed by atoms with van der Waals surface area (Å²) in [4.78, 5) is 23.7. The van der Waals surface area contributed by atoms with Gasteiger partial charge in [-0.3, -0.25) is 14.3 Å². The van der Waals surface area contributed by atoms with Crippen LogP contribution in [0.25, 0.3) is 11.1 Å². The molecule has 2 heterocycles. The first-order valence-electron chi connectivity index (χ1n) is 8.84. The number of ether oxygens (including phenoxy) is 1. The molecule has 1 atom stereocenters. The van der Waals surface area contributed by atoms with Crippen LogP contribution < -0.4 is 11.1 Å². The third kappa shape index (κ3) is 4.29. The van der Waals surface area contributed by atoms with Gasteiger partial charge in [-0.1, -0.05) is 12.1 Å². The van der Waals surface area contributed by atoms with Crippen LogP contribution in [0.1, 0.15) is 36.2 Å². The molecule has 0 aliphatic carbocycles. The maximum absolute atomic E-state index is 12.4. The summed E-state index contributed by atoms with van der Waals surface area (Å²) in [6.45, 7) is 3.90. The summed E-state index contributed by atoms with van der Waals surface area (Å²) in [5.41, 5.74) is 7.61. The molecule has 3 N–H and O–H groups in total. The number of primary amides is 1. The Labute approximate surface area is 152 Å². The zero-order valence-electron chi connectivity index (χ0n) is 14.9. The normalized spacial score (nSPS) is 16.2. The quantitative estimate of drug-likeness (QED) is 0.824. The number of hydrogen-bond acceptors (Lipinski definition) is 4. The monoisotopic (exact) mass is 356 g/mol. The second-order valence-electron chi connectivity index (χ2n) is 6.63. The van der Waals surface area contributed by atoms with E-state index in [1.807, 2.05) is 18.2 Å². The maximum Gasteiger partial charge on any atom is 0.251 e. The van der Waals surface area contributed by atoms with Gasteiger partial charge in [0.15, 0.2) is 0 Å². The lowest BCUT2D eigenvalue weighted by molar-refractivity contribution is -0.120. The fourth-order valence-corrected chi connectivity index (χ4v) is 2.96. The van der Waals surface area contributed by atoms with Crippen molar-refractivity contribution in [3.05, 3.63) is 42.2 Å². The van der Waals surface area contributed by atoms with E-state index < -0.39 is 11.9 Å². The summed E-state index contributed by atoms with van der Waals surface area (Å²) in [5.74, 6) is -0.0541. The van der Waals surface area contributed by atoms with Crippen LogP contribution in [0.15, 0.2) is 36.7 Å². The van der Waals surface area contributed by atoms with Crippen molar-refractivity contribution in [2.75, 3.05) is 19.8 Å². The van der Waals surface area contributed by atoms with Gasteiger partial charge in [0, 0.05) is 37.1 Å². The summed E-state index contributed by atoms with van der Waals surface area (Å²) in [7, 11) is 0. The minimum absolute atomic E-state index is 0.0868. The molecule has 0 unspecified atom stereocenters. The number of nitrogens with one attached hydrogen (secondary N) is 1. The van der Waals surface area contributed by atoms with Crippen LogP contribution in [-0.4, -0.2) is 41.4 Å². The third-order valence-electron chi connectivity index (χ3n) is 4.76. The zero-order valence-corrected chi connectivity index (χ0v) is 14.9. The molecular weight excluding hydrogens is 332 g/mol. The van der Waals surface area contributed by atoms with Crippen molar-refractivity contribution in [2.24, 2.45) is 11.7 Å². The van der Waals surface area contributed by atoms with Crippen molar-refractivity contribution in [1.29, 1.82) is 0 Å². The predicted molar refractivity (Wildman–Crippen MR) is 97.4 cm³/mol. The Morgan fingerprint density at radius 1 is 1.35 bits per heavy atom. The highest BCUT2D eigenvalue weighted by atomic mass is 16.5. The van der Waals surface area contributed by atoms with E-state index in [1.165, 1.54) is 4.68 Å². The van der Waals surface area contributed by atoms with Crippen molar-refractivity contribution in [2.45, 2.75) is 25.8 Å². The topological polar surface area (TPSA) is 99.2 Å². The Kier molecular flexibility index (Phi) is 5.68. The SMILES string of the molecule is C[C@H](C(N)=O)n1cc(-c2cccc(C(=O)NCC3CCOCC3)c2)cn1. The second kappa shape index (κ2) is 8.14. The molecule has 2 amide bonds. The van der Waals surface area contributed by atoms with E-state index in [-0.39, 0.29) is 5.91 Å². The highest BCUT2D eigenvalue weighted by Crippen LogP contribution is 2.21. The van der Waals surface area contributed by atoms with E-state index in [1.54, 1.807) is 25.4 Å². The van der Waals surface area contributed by atoms with E-state index >= 15 is 0 Å². The average Bonchev–Trinajstić information content (AvgIpc) is 3.16. The number of aromatic nitrogens is 2. The lowest BCUT2D eigenvalue weighted by Gasteiger charge is -2.22. The summed E-state index contributed by atoms with van der Waals surface area (Å²) in [5, 5.41) is 7.20. The molecule has 1 aromatic carbocycles. The van der Waals surface area contributed by atoms with E-state index in [0.29, 0.717) is 18.0 Å². The van der Waals surface area contributed by atoms with Crippen molar-refractivity contribution < 1.29 is 14.3 Å². The van der Waals surface area contributed by atoms with Gasteiger partial charge in [0.2, 0.25) is 5.91 Å². The van der Waals surface area contributed by atoms with Crippen molar-refractivity contribution in [3.63, 3.8) is 0 Å². The van der Waals surface area contributed by atoms with Gasteiger partial charge < -0.3 is 15.8 Å². The first-order chi connectivity index (χ1) is 12.5. The average molecular weight is 356 g/mol. The minimum atomic E-state index is -0.519. The Bertz CT molecular complexity index is 781. The summed E-state index contributed by atoms with van der Waals surface area (Å²) < 4.78 is 6.86. The lowest BCUT2D eigenvalue weighted by Crippen LogP contribution is -2.32. The van der Waals surface area contributed by atoms with Crippen molar-refractivity contribution in [1.82, 2.24) is 15.1 Å². The molecule has 1 fully saturated rings. The van der Waals surface area contributed by atoms with Crippen LogP contribution in [0.5, 0.6) is 0 Å². The van der Waals surface area contributed by atoms with Crippen molar-refractivity contribution in [3.8, 4) is 11.1 Å². The van der Waals surface area contributed by atoms with E-state index in [4.69, 9.17) is 10.5 Å². The molecular formula is C19H24N4O3. The predicted octanol–water partition coefficient (Wildman–Crippen LogP) is 1.75. The molecule has 3 rings (SSSR count). The summed E-state index contributed by atoms with van der Waals surface area (Å²) in [6.07, 6.45) is 5.39. The number of rotatable bonds is 6. The molecule has 1 saturated heterocycles. The zero-order chi connectivity index (χ0) is 18.5. The molecule has 1 aliphatic heterocycles. The Balaban J connectivity index is 1.67. The molecule has 1 aromatic heterocycles. The van der Waals surface area contributed by atoms with E-state index in [9.17, 15) is 9.59 Å². The van der Waals surface area contributed by atoms with Gasteiger partial charge in [0.1, 0.15) is 6.04 Å². The number of nitrogens with zero attached hydrogens (tertiary/aromatic N) is 2. The molecule has 26 heavy (non-hydrogen) atoms. The van der Waals surface area contributed by atoms with Crippen LogP contribution in [0.3, 0.4) is 0 Å². The Morgan fingerprint density at radius 2 is 2.12 bits per heavy atom. The standard InChI is InChI=1S/C19H24N4O3/c1-13(18(20)24)23-12-17(11-22-23)15-3-2-4-16(9-15)19(25)21-10-14-5-7-26-8-6-14/h2-4,9,11-14H,5-8,10H2,1H3,(H2,20,24)(H,21,25)/t13-/m1/s1. The van der Waals surface area contributed by atoms with Gasteiger partial charge in [-0.15, -0.1) is 0 Å². The van der Waals surface area contributed by atoms with E-state index in [2.05, 4.69) is 10.4 Å². The number of carbonyl (C=O) groups is 2. The number of carbonyl (C=O) groups excluding carboxylic acids is 2. The van der Waals surface area contributed by atoms with Crippen LogP contribution in [0.4, 0.5) is 0 Å². The van der Waals surface area contributed by atoms with E-state index in [0.717, 1.165) is 37.2 Å². The molecule has 7 heteroatoms. The molecule has 138 valence electrons. The van der Waals surface area contributed by atoms with Gasteiger partial charge in [-0.05, 0) is 43.4 Å². The third-order valence-corrected chi connectivity index (χ3v) is 4.76. The molecule has 0 radical (unpaired) electrons. The fraction of sp³-hybridized carbons (Fsp3) is 0.421. The number of hydrogen-bond donors (Lipinski definition) is 2. The Hall–Kier alpha value is -2.67. The number of amides is 2. The van der Waals surface area contributed by atoms with Crippen molar-refractivity contribution >= 4 is 11.8 Å². The van der Waals surface area contributed by atoms with Gasteiger partial charge in [-0.2, -0.15) is 5.10 Å². The summed E-state index contributed by atoms with van der Waals surface area (Å²) in [6, 6.07) is 6.85. The van der Waals surface area contributed by atoms with Gasteiger partial charge >= 0.3 is 0 Å². The second-order valence-corrected chi connectivity index (χ2v) is 6.63. The molecule has 0 saturated carbocycles. The molecule has 7 nitrogen and oxygen atoms in total. The molecule has 0 spiro atoms. The maximum atomic E-state index is 12.4. The highest BCUT2D eigenvalue weighted by Gasteiger charge is 2.16. The highest BCUT2D eigenvalue weighted by molar-refractivity contribution is 5.95. The van der Waals surface area contributed by atoms with Gasteiger partial charge in [0.25, 0.3) is 5.91 Å². The smallest absolute Gasteiger partial charge is 0.251 e. The molecule has 0 bridgehead atoms. The van der Waals surface area contributed by atoms with Crippen LogP contribution >= 0.6 is 0 Å². The molecule has 1 aliphatic rings. The van der Waals surface area contributed by atoms with Gasteiger partial charge in [-0.25, -0.2) is 0 Å². The van der Waals surface area contributed by atoms with Crippen LogP contribution in [0.2, 0.25) is 0 Å². The lowest BCUT2D eigenvalue weighted by atomic mass is 10.00. The number of nitrogens with two attached hydrogens (primary N) is 1. The summed E-state index contributed by atoms with van der Waals surface area (Å²) >= 11 is 0.